The first-order chi connectivity index (χ1) is 8.62. The summed E-state index contributed by atoms with van der Waals surface area (Å²) in [5.41, 5.74) is 3.36. The number of hydrogen-bond acceptors (Lipinski definition) is 3. The van der Waals surface area contributed by atoms with Crippen LogP contribution in [0.25, 0.3) is 0 Å². The van der Waals surface area contributed by atoms with Gasteiger partial charge in [0.05, 0.1) is 12.1 Å². The molecule has 3 N–H and O–H groups in total. The summed E-state index contributed by atoms with van der Waals surface area (Å²) in [6.45, 7) is 2.08. The first-order valence-corrected chi connectivity index (χ1v) is 6.84. The third kappa shape index (κ3) is 4.31. The Morgan fingerprint density at radius 1 is 1.50 bits per heavy atom. The van der Waals surface area contributed by atoms with Gasteiger partial charge in [0.1, 0.15) is 5.82 Å². The molecular formula is C13H20BrFN2O. The quantitative estimate of drug-likeness (QED) is 0.600. The number of benzene rings is 1. The average Bonchev–Trinajstić information content (AvgIpc) is 2.36. The van der Waals surface area contributed by atoms with Gasteiger partial charge in [-0.3, -0.25) is 11.3 Å². The molecule has 0 fully saturated rings. The molecular weight excluding hydrogens is 299 g/mol. The molecule has 0 radical (unpaired) electrons. The number of rotatable bonds is 7. The topological polar surface area (TPSA) is 47.3 Å². The van der Waals surface area contributed by atoms with Crippen LogP contribution in [0.5, 0.6) is 0 Å². The summed E-state index contributed by atoms with van der Waals surface area (Å²) >= 11 is 3.24. The van der Waals surface area contributed by atoms with E-state index in [1.807, 2.05) is 6.07 Å². The molecule has 0 amide bonds. The van der Waals surface area contributed by atoms with Gasteiger partial charge in [-0.1, -0.05) is 35.3 Å². The van der Waals surface area contributed by atoms with Crippen LogP contribution in [0.2, 0.25) is 0 Å². The maximum Gasteiger partial charge on any atom is 0.127 e. The van der Waals surface area contributed by atoms with Crippen LogP contribution in [0.15, 0.2) is 22.7 Å². The Kier molecular flexibility index (Phi) is 6.78. The highest BCUT2D eigenvalue weighted by atomic mass is 79.9. The molecule has 3 nitrogen and oxygen atoms in total. The first-order valence-electron chi connectivity index (χ1n) is 6.05. The Balaban J connectivity index is 2.78. The van der Waals surface area contributed by atoms with Crippen LogP contribution in [-0.2, 0) is 11.2 Å². The second-order valence-corrected chi connectivity index (χ2v) is 5.19. The minimum absolute atomic E-state index is 0.0111. The molecule has 18 heavy (non-hydrogen) atoms. The summed E-state index contributed by atoms with van der Waals surface area (Å²) in [5.74, 6) is 5.32. The molecule has 0 bridgehead atoms. The van der Waals surface area contributed by atoms with Gasteiger partial charge < -0.3 is 4.74 Å². The van der Waals surface area contributed by atoms with Crippen LogP contribution in [0.1, 0.15) is 25.3 Å². The molecule has 1 aromatic rings. The number of ether oxygens (including phenoxy) is 1. The van der Waals surface area contributed by atoms with E-state index in [0.29, 0.717) is 12.0 Å². The predicted molar refractivity (Wildman–Crippen MR) is 74.6 cm³/mol. The number of methoxy groups -OCH3 is 1. The fraction of sp³-hybridized carbons (Fsp3) is 0.538. The van der Waals surface area contributed by atoms with Crippen molar-refractivity contribution in [2.24, 2.45) is 5.84 Å². The maximum absolute atomic E-state index is 13.8. The lowest BCUT2D eigenvalue weighted by molar-refractivity contribution is 0.0607. The van der Waals surface area contributed by atoms with Crippen LogP contribution in [0, 0.1) is 5.82 Å². The van der Waals surface area contributed by atoms with Crippen molar-refractivity contribution in [1.82, 2.24) is 5.43 Å². The standard InChI is InChI=1S/C13H20BrFN2O/c1-3-4-13(18-2)12(17-16)7-9-5-6-10(14)8-11(9)15/h5-6,8,12-13,17H,3-4,7,16H2,1-2H3. The third-order valence-corrected chi connectivity index (χ3v) is 3.49. The monoisotopic (exact) mass is 318 g/mol. The van der Waals surface area contributed by atoms with Gasteiger partial charge in [0.15, 0.2) is 0 Å². The highest BCUT2D eigenvalue weighted by Gasteiger charge is 2.21. The van der Waals surface area contributed by atoms with Gasteiger partial charge >= 0.3 is 0 Å². The van der Waals surface area contributed by atoms with E-state index in [4.69, 9.17) is 10.6 Å². The Labute approximate surface area is 116 Å². The molecule has 0 spiro atoms. The van der Waals surface area contributed by atoms with Crippen LogP contribution in [0.3, 0.4) is 0 Å². The molecule has 0 saturated carbocycles. The molecule has 0 aliphatic carbocycles. The molecule has 2 atom stereocenters. The van der Waals surface area contributed by atoms with E-state index in [0.717, 1.165) is 17.3 Å². The lowest BCUT2D eigenvalue weighted by Crippen LogP contribution is -2.46. The van der Waals surface area contributed by atoms with Crippen molar-refractivity contribution >= 4 is 15.9 Å². The van der Waals surface area contributed by atoms with Crippen LogP contribution >= 0.6 is 15.9 Å². The number of hydrazine groups is 1. The van der Waals surface area contributed by atoms with E-state index < -0.39 is 0 Å². The summed E-state index contributed by atoms with van der Waals surface area (Å²) < 4.78 is 19.9. The molecule has 1 aromatic carbocycles. The summed E-state index contributed by atoms with van der Waals surface area (Å²) in [5, 5.41) is 0. The lowest BCUT2D eigenvalue weighted by Gasteiger charge is -2.25. The third-order valence-electron chi connectivity index (χ3n) is 2.99. The number of nitrogens with one attached hydrogen (secondary N) is 1. The second-order valence-electron chi connectivity index (χ2n) is 4.28. The van der Waals surface area contributed by atoms with Crippen molar-refractivity contribution in [3.63, 3.8) is 0 Å². The van der Waals surface area contributed by atoms with Gasteiger partial charge in [0.25, 0.3) is 0 Å². The molecule has 0 aliphatic rings. The zero-order chi connectivity index (χ0) is 13.5. The SMILES string of the molecule is CCCC(OC)C(Cc1ccc(Br)cc1F)NN. The predicted octanol–water partition coefficient (Wildman–Crippen LogP) is 2.78. The van der Waals surface area contributed by atoms with E-state index >= 15 is 0 Å². The van der Waals surface area contributed by atoms with E-state index in [1.54, 1.807) is 13.2 Å². The fourth-order valence-electron chi connectivity index (χ4n) is 1.99. The Morgan fingerprint density at radius 3 is 2.72 bits per heavy atom. The number of nitrogens with two attached hydrogens (primary N) is 1. The van der Waals surface area contributed by atoms with Crippen LogP contribution < -0.4 is 11.3 Å². The minimum Gasteiger partial charge on any atom is -0.380 e. The van der Waals surface area contributed by atoms with Gasteiger partial charge in [0, 0.05) is 11.6 Å². The van der Waals surface area contributed by atoms with Crippen LogP contribution in [-0.4, -0.2) is 19.3 Å². The Hall–Kier alpha value is -0.490. The van der Waals surface area contributed by atoms with Gasteiger partial charge in [0.2, 0.25) is 0 Å². The minimum atomic E-state index is -0.226. The molecule has 102 valence electrons. The van der Waals surface area contributed by atoms with E-state index in [9.17, 15) is 4.39 Å². The van der Waals surface area contributed by atoms with Crippen molar-refractivity contribution in [2.45, 2.75) is 38.3 Å². The first kappa shape index (κ1) is 15.6. The summed E-state index contributed by atoms with van der Waals surface area (Å²) in [7, 11) is 1.66. The van der Waals surface area contributed by atoms with Crippen molar-refractivity contribution in [3.05, 3.63) is 34.1 Å². The fourth-order valence-corrected chi connectivity index (χ4v) is 2.32. The van der Waals surface area contributed by atoms with Crippen molar-refractivity contribution in [2.75, 3.05) is 7.11 Å². The van der Waals surface area contributed by atoms with E-state index in [2.05, 4.69) is 28.3 Å². The average molecular weight is 319 g/mol. The van der Waals surface area contributed by atoms with Crippen molar-refractivity contribution in [1.29, 1.82) is 0 Å². The van der Waals surface area contributed by atoms with E-state index in [1.165, 1.54) is 6.07 Å². The highest BCUT2D eigenvalue weighted by molar-refractivity contribution is 9.10. The Morgan fingerprint density at radius 2 is 2.22 bits per heavy atom. The van der Waals surface area contributed by atoms with Crippen molar-refractivity contribution in [3.8, 4) is 0 Å². The van der Waals surface area contributed by atoms with Crippen LogP contribution in [0.4, 0.5) is 4.39 Å². The smallest absolute Gasteiger partial charge is 0.127 e. The largest absolute Gasteiger partial charge is 0.380 e. The van der Waals surface area contributed by atoms with Gasteiger partial charge in [-0.25, -0.2) is 4.39 Å². The van der Waals surface area contributed by atoms with E-state index in [-0.39, 0.29) is 18.0 Å². The van der Waals surface area contributed by atoms with Crippen molar-refractivity contribution < 1.29 is 9.13 Å². The summed E-state index contributed by atoms with van der Waals surface area (Å²) in [4.78, 5) is 0. The molecule has 2 unspecified atom stereocenters. The molecule has 0 heterocycles. The van der Waals surface area contributed by atoms with Gasteiger partial charge in [-0.2, -0.15) is 0 Å². The molecule has 0 aliphatic heterocycles. The maximum atomic E-state index is 13.8. The van der Waals surface area contributed by atoms with Gasteiger partial charge in [-0.15, -0.1) is 0 Å². The second kappa shape index (κ2) is 7.84. The Bertz CT molecular complexity index is 376. The molecule has 5 heteroatoms. The lowest BCUT2D eigenvalue weighted by atomic mass is 9.98. The van der Waals surface area contributed by atoms with Gasteiger partial charge in [-0.05, 0) is 30.5 Å². The molecule has 0 saturated heterocycles. The normalized spacial score (nSPS) is 14.5. The zero-order valence-corrected chi connectivity index (χ0v) is 12.3. The number of halogens is 2. The summed E-state index contributed by atoms with van der Waals surface area (Å²) in [6.07, 6.45) is 2.39. The zero-order valence-electron chi connectivity index (χ0n) is 10.7. The molecule has 0 aromatic heterocycles. The highest BCUT2D eigenvalue weighted by Crippen LogP contribution is 2.18. The molecule has 1 rings (SSSR count). The summed E-state index contributed by atoms with van der Waals surface area (Å²) in [6, 6.07) is 4.96. The number of hydrogen-bond donors (Lipinski definition) is 2.